The summed E-state index contributed by atoms with van der Waals surface area (Å²) in [5, 5.41) is 5.97. The lowest BCUT2D eigenvalue weighted by molar-refractivity contribution is -0.00778. The predicted molar refractivity (Wildman–Crippen MR) is 104 cm³/mol. The van der Waals surface area contributed by atoms with E-state index in [-0.39, 0.29) is 34.6 Å². The summed E-state index contributed by atoms with van der Waals surface area (Å²) in [4.78, 5) is 10.4. The molecule has 152 valence electrons. The van der Waals surface area contributed by atoms with Crippen LogP contribution in [0.1, 0.15) is 40.5 Å². The fraction of sp³-hybridized carbons (Fsp3) is 0.500. The number of hydrogen-bond acceptors (Lipinski definition) is 5. The summed E-state index contributed by atoms with van der Waals surface area (Å²) in [6.45, 7) is 8.65. The third kappa shape index (κ3) is 4.22. The van der Waals surface area contributed by atoms with Gasteiger partial charge in [0.05, 0.1) is 6.20 Å². The van der Waals surface area contributed by atoms with Crippen molar-refractivity contribution >= 4 is 17.5 Å². The van der Waals surface area contributed by atoms with E-state index < -0.39 is 17.5 Å². The monoisotopic (exact) mass is 393 g/mol. The largest absolute Gasteiger partial charge is 0.365 e. The van der Waals surface area contributed by atoms with Crippen molar-refractivity contribution in [3.63, 3.8) is 0 Å². The molecule has 2 aromatic rings. The smallest absolute Gasteiger partial charge is 0.229 e. The zero-order chi connectivity index (χ0) is 20.7. The van der Waals surface area contributed by atoms with E-state index in [9.17, 15) is 13.2 Å². The first-order valence-electron chi connectivity index (χ1n) is 9.23. The molecule has 2 heterocycles. The zero-order valence-electron chi connectivity index (χ0n) is 16.8. The van der Waals surface area contributed by atoms with Crippen molar-refractivity contribution < 1.29 is 13.2 Å². The van der Waals surface area contributed by atoms with Crippen molar-refractivity contribution in [3.05, 3.63) is 41.8 Å². The van der Waals surface area contributed by atoms with Gasteiger partial charge in [0.1, 0.15) is 0 Å². The lowest BCUT2D eigenvalue weighted by atomic mass is 9.77. The molecule has 5 nitrogen and oxygen atoms in total. The van der Waals surface area contributed by atoms with E-state index in [1.165, 1.54) is 6.07 Å². The highest BCUT2D eigenvalue weighted by atomic mass is 19.2. The maximum absolute atomic E-state index is 14.3. The van der Waals surface area contributed by atoms with Crippen LogP contribution in [-0.4, -0.2) is 39.0 Å². The molecule has 1 aromatic heterocycles. The molecule has 0 radical (unpaired) electrons. The first-order valence-corrected chi connectivity index (χ1v) is 9.23. The van der Waals surface area contributed by atoms with Crippen LogP contribution in [0, 0.1) is 17.5 Å². The van der Waals surface area contributed by atoms with Crippen molar-refractivity contribution in [2.24, 2.45) is 0 Å². The molecule has 1 aliphatic rings. The Morgan fingerprint density at radius 1 is 1.00 bits per heavy atom. The molecular formula is C20H26F3N5. The van der Waals surface area contributed by atoms with Crippen LogP contribution < -0.4 is 10.6 Å². The summed E-state index contributed by atoms with van der Waals surface area (Å²) in [6.07, 6.45) is 2.70. The Hall–Kier alpha value is -2.35. The number of likely N-dealkylation sites (tertiary alicyclic amines) is 1. The van der Waals surface area contributed by atoms with Gasteiger partial charge in [0.15, 0.2) is 23.3 Å². The summed E-state index contributed by atoms with van der Waals surface area (Å²) < 4.78 is 40.8. The minimum atomic E-state index is -0.985. The standard InChI is InChI=1S/C20H26F3N5/c1-19(2)9-13(10-20(3,4)28(19)5)25-17-16(23)11-24-18(27-17)26-12-6-7-14(21)15(22)8-12/h6-8,11,13H,9-10H2,1-5H3,(H2,24,25,26,27). The predicted octanol–water partition coefficient (Wildman–Crippen LogP) is 4.70. The molecule has 8 heteroatoms. The van der Waals surface area contributed by atoms with Gasteiger partial charge in [-0.2, -0.15) is 4.98 Å². The van der Waals surface area contributed by atoms with Gasteiger partial charge in [-0.1, -0.05) is 0 Å². The Morgan fingerprint density at radius 3 is 2.25 bits per heavy atom. The van der Waals surface area contributed by atoms with Crippen LogP contribution in [-0.2, 0) is 0 Å². The second-order valence-electron chi connectivity index (χ2n) is 8.58. The first-order chi connectivity index (χ1) is 13.0. The number of anilines is 3. The second kappa shape index (κ2) is 7.24. The molecule has 0 spiro atoms. The zero-order valence-corrected chi connectivity index (χ0v) is 16.8. The van der Waals surface area contributed by atoms with Crippen LogP contribution in [0.15, 0.2) is 24.4 Å². The molecule has 0 unspecified atom stereocenters. The molecule has 0 amide bonds. The number of hydrogen-bond donors (Lipinski definition) is 2. The quantitative estimate of drug-likeness (QED) is 0.789. The summed E-state index contributed by atoms with van der Waals surface area (Å²) in [7, 11) is 2.10. The van der Waals surface area contributed by atoms with Crippen molar-refractivity contribution in [2.75, 3.05) is 17.7 Å². The van der Waals surface area contributed by atoms with Crippen LogP contribution >= 0.6 is 0 Å². The minimum absolute atomic E-state index is 0.0294. The second-order valence-corrected chi connectivity index (χ2v) is 8.58. The number of aromatic nitrogens is 2. The van der Waals surface area contributed by atoms with E-state index in [1.807, 2.05) is 0 Å². The molecule has 1 saturated heterocycles. The highest BCUT2D eigenvalue weighted by Crippen LogP contribution is 2.38. The number of nitrogens with zero attached hydrogens (tertiary/aromatic N) is 3. The fourth-order valence-electron chi connectivity index (χ4n) is 3.90. The lowest BCUT2D eigenvalue weighted by Crippen LogP contribution is -2.61. The molecule has 28 heavy (non-hydrogen) atoms. The molecule has 2 N–H and O–H groups in total. The van der Waals surface area contributed by atoms with Gasteiger partial charge in [0, 0.05) is 28.9 Å². The Labute approximate surface area is 163 Å². The lowest BCUT2D eigenvalue weighted by Gasteiger charge is -2.53. The SMILES string of the molecule is CN1C(C)(C)CC(Nc2nc(Nc3ccc(F)c(F)c3)ncc2F)CC1(C)C. The maximum atomic E-state index is 14.3. The Balaban J connectivity index is 1.79. The first kappa shape index (κ1) is 20.4. The normalized spacial score (nSPS) is 19.4. The third-order valence-corrected chi connectivity index (χ3v) is 5.57. The highest BCUT2D eigenvalue weighted by Gasteiger charge is 2.43. The van der Waals surface area contributed by atoms with Gasteiger partial charge in [-0.25, -0.2) is 18.2 Å². The van der Waals surface area contributed by atoms with E-state index >= 15 is 0 Å². The van der Waals surface area contributed by atoms with Crippen molar-refractivity contribution in [2.45, 2.75) is 57.7 Å². The molecule has 3 rings (SSSR count). The molecule has 0 atom stereocenters. The highest BCUT2D eigenvalue weighted by molar-refractivity contribution is 5.55. The number of piperidine rings is 1. The van der Waals surface area contributed by atoms with Gasteiger partial charge in [-0.3, -0.25) is 4.90 Å². The average Bonchev–Trinajstić information content (AvgIpc) is 2.58. The molecule has 0 bridgehead atoms. The van der Waals surface area contributed by atoms with Gasteiger partial charge in [0.25, 0.3) is 0 Å². The van der Waals surface area contributed by atoms with E-state index in [2.05, 4.69) is 60.2 Å². The number of rotatable bonds is 4. The van der Waals surface area contributed by atoms with E-state index in [0.29, 0.717) is 0 Å². The van der Waals surface area contributed by atoms with E-state index in [1.54, 1.807) is 0 Å². The van der Waals surface area contributed by atoms with Gasteiger partial charge in [0.2, 0.25) is 5.95 Å². The van der Waals surface area contributed by atoms with Gasteiger partial charge >= 0.3 is 0 Å². The number of benzene rings is 1. The fourth-order valence-corrected chi connectivity index (χ4v) is 3.90. The van der Waals surface area contributed by atoms with E-state index in [0.717, 1.165) is 31.2 Å². The van der Waals surface area contributed by atoms with Crippen molar-refractivity contribution in [1.29, 1.82) is 0 Å². The number of halogens is 3. The topological polar surface area (TPSA) is 53.1 Å². The van der Waals surface area contributed by atoms with Gasteiger partial charge in [-0.15, -0.1) is 0 Å². The summed E-state index contributed by atoms with van der Waals surface area (Å²) in [5.41, 5.74) is 0.156. The molecule has 1 aromatic carbocycles. The van der Waals surface area contributed by atoms with Crippen molar-refractivity contribution in [1.82, 2.24) is 14.9 Å². The molecule has 0 aliphatic carbocycles. The van der Waals surface area contributed by atoms with Gasteiger partial charge in [-0.05, 0) is 59.7 Å². The van der Waals surface area contributed by atoms with Crippen LogP contribution in [0.3, 0.4) is 0 Å². The van der Waals surface area contributed by atoms with Crippen LogP contribution in [0.2, 0.25) is 0 Å². The third-order valence-electron chi connectivity index (χ3n) is 5.57. The van der Waals surface area contributed by atoms with E-state index in [4.69, 9.17) is 0 Å². The Bertz CT molecular complexity index is 851. The molecular weight excluding hydrogens is 367 g/mol. The Morgan fingerprint density at radius 2 is 1.64 bits per heavy atom. The molecule has 0 saturated carbocycles. The van der Waals surface area contributed by atoms with Crippen molar-refractivity contribution in [3.8, 4) is 0 Å². The van der Waals surface area contributed by atoms with Gasteiger partial charge < -0.3 is 10.6 Å². The minimum Gasteiger partial charge on any atom is -0.365 e. The van der Waals surface area contributed by atoms with Crippen LogP contribution in [0.5, 0.6) is 0 Å². The number of nitrogens with one attached hydrogen (secondary N) is 2. The maximum Gasteiger partial charge on any atom is 0.229 e. The average molecular weight is 393 g/mol. The summed E-state index contributed by atoms with van der Waals surface area (Å²) >= 11 is 0. The van der Waals surface area contributed by atoms with Crippen LogP contribution in [0.25, 0.3) is 0 Å². The molecule has 1 fully saturated rings. The Kier molecular flexibility index (Phi) is 5.27. The molecule has 1 aliphatic heterocycles. The van der Waals surface area contributed by atoms with Crippen LogP contribution in [0.4, 0.5) is 30.6 Å². The summed E-state index contributed by atoms with van der Waals surface area (Å²) in [5.74, 6) is -2.31. The summed E-state index contributed by atoms with van der Waals surface area (Å²) in [6, 6.07) is 3.39.